The summed E-state index contributed by atoms with van der Waals surface area (Å²) in [5.74, 6) is -1.09. The fourth-order valence-electron chi connectivity index (χ4n) is 2.56. The molecule has 1 aliphatic rings. The Kier molecular flexibility index (Phi) is 6.91. The lowest BCUT2D eigenvalue weighted by atomic mass is 10.1. The second-order valence-electron chi connectivity index (χ2n) is 6.24. The summed E-state index contributed by atoms with van der Waals surface area (Å²) in [6.45, 7) is -0.560. The number of nitrogens with one attached hydrogen (secondary N) is 1. The number of ether oxygens (including phenoxy) is 1. The summed E-state index contributed by atoms with van der Waals surface area (Å²) in [7, 11) is 0. The van der Waals surface area contributed by atoms with Crippen molar-refractivity contribution in [3.63, 3.8) is 0 Å². The van der Waals surface area contributed by atoms with Gasteiger partial charge in [0.25, 0.3) is 5.91 Å². The summed E-state index contributed by atoms with van der Waals surface area (Å²) in [5.41, 5.74) is 1.24. The normalized spacial score (nSPS) is 12.9. The van der Waals surface area contributed by atoms with Crippen LogP contribution in [-0.4, -0.2) is 29.7 Å². The highest BCUT2D eigenvalue weighted by Gasteiger charge is 2.29. The molecule has 6 nitrogen and oxygen atoms in total. The van der Waals surface area contributed by atoms with Gasteiger partial charge in [-0.3, -0.25) is 4.79 Å². The number of carbonyl (C=O) groups is 2. The lowest BCUT2D eigenvalue weighted by Crippen LogP contribution is -2.22. The van der Waals surface area contributed by atoms with Crippen molar-refractivity contribution in [2.45, 2.75) is 23.8 Å². The topological polar surface area (TPSA) is 92.1 Å². The number of anilines is 1. The van der Waals surface area contributed by atoms with Crippen molar-refractivity contribution in [2.75, 3.05) is 18.2 Å². The molecular weight excluding hydrogens is 457 g/mol. The highest BCUT2D eigenvalue weighted by Crippen LogP contribution is 2.40. The number of aromatic nitrogens is 1. The van der Waals surface area contributed by atoms with Crippen LogP contribution in [-0.2, 0) is 9.53 Å². The first-order valence-corrected chi connectivity index (χ1v) is 10.8. The highest BCUT2D eigenvalue weighted by atomic mass is 35.5. The van der Waals surface area contributed by atoms with E-state index in [1.165, 1.54) is 23.9 Å². The molecule has 2 aromatic rings. The molecule has 1 saturated carbocycles. The van der Waals surface area contributed by atoms with E-state index < -0.39 is 18.5 Å². The molecule has 10 heteroatoms. The van der Waals surface area contributed by atoms with E-state index in [1.807, 2.05) is 6.07 Å². The van der Waals surface area contributed by atoms with Crippen LogP contribution in [0.2, 0.25) is 15.1 Å². The minimum Gasteiger partial charge on any atom is -0.452 e. The van der Waals surface area contributed by atoms with E-state index in [-0.39, 0.29) is 31.9 Å². The predicted molar refractivity (Wildman–Crippen MR) is 113 cm³/mol. The Morgan fingerprint density at radius 3 is 2.55 bits per heavy atom. The first-order valence-electron chi connectivity index (χ1n) is 8.44. The smallest absolute Gasteiger partial charge is 0.340 e. The third-order valence-corrected chi connectivity index (χ3v) is 5.86. The molecule has 1 aromatic carbocycles. The van der Waals surface area contributed by atoms with Gasteiger partial charge in [-0.05, 0) is 37.3 Å². The largest absolute Gasteiger partial charge is 0.452 e. The molecule has 0 radical (unpaired) electrons. The van der Waals surface area contributed by atoms with Gasteiger partial charge >= 0.3 is 5.97 Å². The van der Waals surface area contributed by atoms with Gasteiger partial charge in [-0.1, -0.05) is 34.8 Å². The zero-order valence-electron chi connectivity index (χ0n) is 15.1. The Morgan fingerprint density at radius 1 is 1.24 bits per heavy atom. The molecule has 150 valence electrons. The van der Waals surface area contributed by atoms with Gasteiger partial charge in [-0.2, -0.15) is 5.26 Å². The summed E-state index contributed by atoms with van der Waals surface area (Å²) in [6.07, 6.45) is 3.77. The van der Waals surface area contributed by atoms with Crippen LogP contribution >= 0.6 is 46.6 Å². The molecule has 0 bridgehead atoms. The quantitative estimate of drug-likeness (QED) is 0.349. The number of benzene rings is 1. The molecule has 1 heterocycles. The summed E-state index contributed by atoms with van der Waals surface area (Å²) < 4.78 is 5.11. The van der Waals surface area contributed by atoms with Gasteiger partial charge in [0.15, 0.2) is 6.61 Å². The predicted octanol–water partition coefficient (Wildman–Crippen LogP) is 5.31. The maximum absolute atomic E-state index is 12.6. The number of nitriles is 1. The van der Waals surface area contributed by atoms with Gasteiger partial charge in [-0.15, -0.1) is 11.8 Å². The highest BCUT2D eigenvalue weighted by molar-refractivity contribution is 7.98. The molecule has 0 spiro atoms. The van der Waals surface area contributed by atoms with E-state index >= 15 is 0 Å². The van der Waals surface area contributed by atoms with Crippen molar-refractivity contribution in [2.24, 2.45) is 0 Å². The minimum atomic E-state index is -0.767. The Hall–Kier alpha value is -1.98. The van der Waals surface area contributed by atoms with Crippen LogP contribution < -0.4 is 5.32 Å². The number of thioether (sulfide) groups is 1. The molecule has 0 aliphatic heterocycles. The molecule has 1 aromatic heterocycles. The second kappa shape index (κ2) is 9.23. The minimum absolute atomic E-state index is 0.106. The number of hydrogen-bond donors (Lipinski definition) is 1. The molecule has 1 aliphatic carbocycles. The van der Waals surface area contributed by atoms with Crippen molar-refractivity contribution >= 4 is 64.1 Å². The van der Waals surface area contributed by atoms with Crippen LogP contribution in [0.25, 0.3) is 0 Å². The summed E-state index contributed by atoms with van der Waals surface area (Å²) in [6, 6.07) is 6.37. The monoisotopic (exact) mass is 469 g/mol. The van der Waals surface area contributed by atoms with Crippen molar-refractivity contribution in [3.8, 4) is 6.07 Å². The maximum atomic E-state index is 12.6. The zero-order valence-corrected chi connectivity index (χ0v) is 18.2. The van der Waals surface area contributed by atoms with E-state index in [1.54, 1.807) is 12.3 Å². The average Bonchev–Trinajstić information content (AvgIpc) is 3.54. The Morgan fingerprint density at radius 2 is 1.93 bits per heavy atom. The molecule has 0 saturated heterocycles. The molecule has 1 N–H and O–H groups in total. The van der Waals surface area contributed by atoms with Crippen molar-refractivity contribution in [3.05, 3.63) is 50.1 Å². The first-order chi connectivity index (χ1) is 13.8. The standard InChI is InChI=1S/C19H14Cl3N3O3S/c1-29-18-11(7-23)10(4-15(25-18)9-2-3-9)19(27)28-8-17(26)24-16-6-13(21)12(20)5-14(16)22/h4-6,9H,2-3,8H2,1H3,(H,24,26). The van der Waals surface area contributed by atoms with Gasteiger partial charge in [0.2, 0.25) is 0 Å². The third kappa shape index (κ3) is 5.14. The van der Waals surface area contributed by atoms with E-state index in [2.05, 4.69) is 10.3 Å². The van der Waals surface area contributed by atoms with Crippen LogP contribution in [0.15, 0.2) is 23.2 Å². The van der Waals surface area contributed by atoms with Gasteiger partial charge in [0, 0.05) is 11.6 Å². The second-order valence-corrected chi connectivity index (χ2v) is 8.25. The number of amides is 1. The molecule has 1 fully saturated rings. The van der Waals surface area contributed by atoms with E-state index in [9.17, 15) is 14.9 Å². The fraction of sp³-hybridized carbons (Fsp3) is 0.263. The Balaban J connectivity index is 1.72. The average molecular weight is 471 g/mol. The van der Waals surface area contributed by atoms with Crippen LogP contribution in [0.1, 0.15) is 40.4 Å². The number of nitrogens with zero attached hydrogens (tertiary/aromatic N) is 2. The lowest BCUT2D eigenvalue weighted by molar-refractivity contribution is -0.119. The SMILES string of the molecule is CSc1nc(C2CC2)cc(C(=O)OCC(=O)Nc2cc(Cl)c(Cl)cc2Cl)c1C#N. The van der Waals surface area contributed by atoms with Gasteiger partial charge < -0.3 is 10.1 Å². The summed E-state index contributed by atoms with van der Waals surface area (Å²) in [4.78, 5) is 29.2. The van der Waals surface area contributed by atoms with Gasteiger partial charge in [-0.25, -0.2) is 9.78 Å². The first kappa shape index (κ1) is 21.7. The lowest BCUT2D eigenvalue weighted by Gasteiger charge is -2.11. The van der Waals surface area contributed by atoms with Gasteiger partial charge in [0.1, 0.15) is 11.1 Å². The van der Waals surface area contributed by atoms with Crippen molar-refractivity contribution in [1.82, 2.24) is 4.98 Å². The molecule has 3 rings (SSSR count). The fourth-order valence-corrected chi connectivity index (χ4v) is 3.71. The Bertz CT molecular complexity index is 1040. The summed E-state index contributed by atoms with van der Waals surface area (Å²) >= 11 is 19.1. The number of hydrogen-bond acceptors (Lipinski definition) is 6. The number of rotatable bonds is 6. The van der Waals surface area contributed by atoms with Crippen molar-refractivity contribution < 1.29 is 14.3 Å². The molecule has 0 atom stereocenters. The van der Waals surface area contributed by atoms with Crippen molar-refractivity contribution in [1.29, 1.82) is 5.26 Å². The third-order valence-electron chi connectivity index (χ3n) is 4.15. The zero-order chi connectivity index (χ0) is 21.1. The van der Waals surface area contributed by atoms with E-state index in [0.29, 0.717) is 10.9 Å². The van der Waals surface area contributed by atoms with E-state index in [4.69, 9.17) is 39.5 Å². The number of carbonyl (C=O) groups excluding carboxylic acids is 2. The van der Waals surface area contributed by atoms with Crippen LogP contribution in [0.5, 0.6) is 0 Å². The molecule has 0 unspecified atom stereocenters. The molecular formula is C19H14Cl3N3O3S. The number of esters is 1. The number of halogens is 3. The Labute approximate surface area is 186 Å². The van der Waals surface area contributed by atoms with Crippen LogP contribution in [0, 0.1) is 11.3 Å². The molecule has 1 amide bonds. The summed E-state index contributed by atoms with van der Waals surface area (Å²) in [5, 5.41) is 13.1. The van der Waals surface area contributed by atoms with Crippen LogP contribution in [0.4, 0.5) is 5.69 Å². The van der Waals surface area contributed by atoms with Gasteiger partial charge in [0.05, 0.1) is 31.9 Å². The van der Waals surface area contributed by atoms with E-state index in [0.717, 1.165) is 18.5 Å². The maximum Gasteiger partial charge on any atom is 0.340 e. The molecule has 29 heavy (non-hydrogen) atoms. The number of pyridine rings is 1. The van der Waals surface area contributed by atoms with Crippen LogP contribution in [0.3, 0.4) is 0 Å².